The fourth-order valence-electron chi connectivity index (χ4n) is 1.32. The summed E-state index contributed by atoms with van der Waals surface area (Å²) in [5, 5.41) is 2.71. The van der Waals surface area contributed by atoms with E-state index in [9.17, 15) is 4.79 Å². The van der Waals surface area contributed by atoms with Crippen LogP contribution in [0.4, 0.5) is 16.2 Å². The number of hydrazine groups is 1. The first-order chi connectivity index (χ1) is 8.92. The normalized spacial score (nSPS) is 11.2. The molecule has 5 heteroatoms. The Morgan fingerprint density at radius 1 is 1.21 bits per heavy atom. The molecule has 0 saturated heterocycles. The summed E-state index contributed by atoms with van der Waals surface area (Å²) >= 11 is 0. The molecule has 0 aliphatic rings. The monoisotopic (exact) mass is 263 g/mol. The third kappa shape index (κ3) is 5.81. The predicted molar refractivity (Wildman–Crippen MR) is 77.9 cm³/mol. The number of para-hydroxylation sites is 2. The maximum Gasteiger partial charge on any atom is 0.412 e. The van der Waals surface area contributed by atoms with Crippen molar-refractivity contribution in [1.82, 2.24) is 5.43 Å². The Morgan fingerprint density at radius 2 is 1.84 bits per heavy atom. The molecule has 0 saturated carbocycles. The van der Waals surface area contributed by atoms with Gasteiger partial charge in [-0.1, -0.05) is 18.2 Å². The van der Waals surface area contributed by atoms with E-state index in [2.05, 4.69) is 16.2 Å². The van der Waals surface area contributed by atoms with Crippen molar-refractivity contribution in [3.05, 3.63) is 36.5 Å². The number of hydrogen-bond donors (Lipinski definition) is 3. The lowest BCUT2D eigenvalue weighted by Gasteiger charge is -2.20. The number of carbonyl (C=O) groups is 1. The van der Waals surface area contributed by atoms with Gasteiger partial charge in [0.2, 0.25) is 0 Å². The molecule has 1 aromatic rings. The second-order valence-electron chi connectivity index (χ2n) is 4.94. The Balaban J connectivity index is 2.69. The topological polar surface area (TPSA) is 62.4 Å². The number of hydrogen-bond acceptors (Lipinski definition) is 4. The first-order valence-electron chi connectivity index (χ1n) is 6.14. The Bertz CT molecular complexity index is 450. The highest BCUT2D eigenvalue weighted by atomic mass is 16.6. The zero-order valence-electron chi connectivity index (χ0n) is 11.8. The van der Waals surface area contributed by atoms with Gasteiger partial charge in [-0.2, -0.15) is 0 Å². The largest absolute Gasteiger partial charge is 0.444 e. The standard InChI is InChI=1S/C14H21N3O2/c1-5-10-15-17-12-9-7-6-8-11(12)16-13(18)19-14(2,3)4/h5-10,15,17H,1-4H3,(H,16,18). The summed E-state index contributed by atoms with van der Waals surface area (Å²) in [6.07, 6.45) is 3.13. The summed E-state index contributed by atoms with van der Waals surface area (Å²) in [5.74, 6) is 0. The molecule has 0 radical (unpaired) electrons. The van der Waals surface area contributed by atoms with E-state index in [4.69, 9.17) is 4.74 Å². The SMILES string of the molecule is CC=CNNc1ccccc1NC(=O)OC(C)(C)C. The summed E-state index contributed by atoms with van der Waals surface area (Å²) in [6, 6.07) is 7.36. The van der Waals surface area contributed by atoms with Crippen molar-refractivity contribution in [3.8, 4) is 0 Å². The summed E-state index contributed by atoms with van der Waals surface area (Å²) in [6.45, 7) is 7.37. The van der Waals surface area contributed by atoms with E-state index in [1.807, 2.05) is 52.0 Å². The number of ether oxygens (including phenoxy) is 1. The fourth-order valence-corrected chi connectivity index (χ4v) is 1.32. The van der Waals surface area contributed by atoms with Crippen LogP contribution in [-0.4, -0.2) is 11.7 Å². The smallest absolute Gasteiger partial charge is 0.412 e. The quantitative estimate of drug-likeness (QED) is 0.728. The minimum Gasteiger partial charge on any atom is -0.444 e. The van der Waals surface area contributed by atoms with Gasteiger partial charge in [0.1, 0.15) is 5.60 Å². The molecule has 0 atom stereocenters. The molecule has 19 heavy (non-hydrogen) atoms. The molecule has 5 nitrogen and oxygen atoms in total. The number of anilines is 2. The Labute approximate surface area is 114 Å². The lowest BCUT2D eigenvalue weighted by Crippen LogP contribution is -2.27. The van der Waals surface area contributed by atoms with E-state index in [0.29, 0.717) is 5.69 Å². The van der Waals surface area contributed by atoms with Crippen molar-refractivity contribution in [3.63, 3.8) is 0 Å². The minimum atomic E-state index is -0.518. The number of nitrogens with one attached hydrogen (secondary N) is 3. The Hall–Kier alpha value is -2.17. The van der Waals surface area contributed by atoms with Gasteiger partial charge in [0.15, 0.2) is 0 Å². The van der Waals surface area contributed by atoms with Gasteiger partial charge in [0.05, 0.1) is 11.4 Å². The number of rotatable bonds is 4. The van der Waals surface area contributed by atoms with Gasteiger partial charge in [-0.25, -0.2) is 4.79 Å². The van der Waals surface area contributed by atoms with Crippen molar-refractivity contribution >= 4 is 17.5 Å². The summed E-state index contributed by atoms with van der Waals surface area (Å²) in [7, 11) is 0. The summed E-state index contributed by atoms with van der Waals surface area (Å²) in [5.41, 5.74) is 6.75. The minimum absolute atomic E-state index is 0.479. The molecule has 1 aromatic carbocycles. The van der Waals surface area contributed by atoms with E-state index in [0.717, 1.165) is 5.69 Å². The highest BCUT2D eigenvalue weighted by molar-refractivity contribution is 5.89. The molecule has 1 rings (SSSR count). The van der Waals surface area contributed by atoms with E-state index in [1.54, 1.807) is 12.3 Å². The van der Waals surface area contributed by atoms with Crippen molar-refractivity contribution in [1.29, 1.82) is 0 Å². The van der Waals surface area contributed by atoms with Gasteiger partial charge in [0, 0.05) is 6.20 Å². The maximum absolute atomic E-state index is 11.7. The third-order valence-electron chi connectivity index (χ3n) is 2.02. The van der Waals surface area contributed by atoms with Gasteiger partial charge in [-0.15, -0.1) is 0 Å². The molecule has 1 amide bonds. The molecule has 0 aliphatic carbocycles. The fraction of sp³-hybridized carbons (Fsp3) is 0.357. The van der Waals surface area contributed by atoms with Crippen molar-refractivity contribution in [2.75, 3.05) is 10.7 Å². The predicted octanol–water partition coefficient (Wildman–Crippen LogP) is 3.48. The third-order valence-corrected chi connectivity index (χ3v) is 2.02. The number of benzene rings is 1. The van der Waals surface area contributed by atoms with Gasteiger partial charge < -0.3 is 10.2 Å². The van der Waals surface area contributed by atoms with E-state index >= 15 is 0 Å². The zero-order chi connectivity index (χ0) is 14.3. The van der Waals surface area contributed by atoms with Crippen LogP contribution in [0.5, 0.6) is 0 Å². The molecule has 0 spiro atoms. The van der Waals surface area contributed by atoms with Crippen LogP contribution in [0.25, 0.3) is 0 Å². The first-order valence-corrected chi connectivity index (χ1v) is 6.14. The molecule has 0 fully saturated rings. The number of amides is 1. The molecule has 0 aromatic heterocycles. The molecule has 3 N–H and O–H groups in total. The molecule has 0 heterocycles. The summed E-state index contributed by atoms with van der Waals surface area (Å²) in [4.78, 5) is 11.7. The van der Waals surface area contributed by atoms with Gasteiger partial charge in [-0.05, 0) is 39.8 Å². The Kier molecular flexibility index (Phi) is 5.23. The molecule has 0 unspecified atom stereocenters. The molecular weight excluding hydrogens is 242 g/mol. The van der Waals surface area contributed by atoms with Crippen LogP contribution >= 0.6 is 0 Å². The zero-order valence-corrected chi connectivity index (χ0v) is 11.8. The molecule has 0 aliphatic heterocycles. The van der Waals surface area contributed by atoms with Gasteiger partial charge in [-0.3, -0.25) is 10.7 Å². The van der Waals surface area contributed by atoms with Gasteiger partial charge >= 0.3 is 6.09 Å². The number of carbonyl (C=O) groups excluding carboxylic acids is 1. The van der Waals surface area contributed by atoms with Crippen molar-refractivity contribution in [2.45, 2.75) is 33.3 Å². The average molecular weight is 263 g/mol. The first kappa shape index (κ1) is 14.9. The van der Waals surface area contributed by atoms with Crippen LogP contribution in [0.3, 0.4) is 0 Å². The lowest BCUT2D eigenvalue weighted by molar-refractivity contribution is 0.0636. The molecular formula is C14H21N3O2. The molecule has 0 bridgehead atoms. The maximum atomic E-state index is 11.7. The highest BCUT2D eigenvalue weighted by Crippen LogP contribution is 2.21. The lowest BCUT2D eigenvalue weighted by atomic mass is 10.2. The van der Waals surface area contributed by atoms with Crippen molar-refractivity contribution in [2.24, 2.45) is 0 Å². The van der Waals surface area contributed by atoms with Crippen LogP contribution < -0.4 is 16.2 Å². The average Bonchev–Trinajstić information content (AvgIpc) is 2.29. The van der Waals surface area contributed by atoms with E-state index < -0.39 is 11.7 Å². The van der Waals surface area contributed by atoms with Crippen LogP contribution in [0.15, 0.2) is 36.5 Å². The van der Waals surface area contributed by atoms with E-state index in [-0.39, 0.29) is 0 Å². The van der Waals surface area contributed by atoms with E-state index in [1.165, 1.54) is 0 Å². The van der Waals surface area contributed by atoms with Crippen LogP contribution in [0, 0.1) is 0 Å². The second kappa shape index (κ2) is 6.68. The molecule has 104 valence electrons. The van der Waals surface area contributed by atoms with Crippen LogP contribution in [0.2, 0.25) is 0 Å². The number of allylic oxidation sites excluding steroid dienone is 1. The van der Waals surface area contributed by atoms with Crippen molar-refractivity contribution < 1.29 is 9.53 Å². The summed E-state index contributed by atoms with van der Waals surface area (Å²) < 4.78 is 5.21. The highest BCUT2D eigenvalue weighted by Gasteiger charge is 2.16. The van der Waals surface area contributed by atoms with Crippen LogP contribution in [0.1, 0.15) is 27.7 Å². The Morgan fingerprint density at radius 3 is 2.42 bits per heavy atom. The van der Waals surface area contributed by atoms with Crippen LogP contribution in [-0.2, 0) is 4.74 Å². The second-order valence-corrected chi connectivity index (χ2v) is 4.94. The van der Waals surface area contributed by atoms with Gasteiger partial charge in [0.25, 0.3) is 0 Å².